The molecule has 0 aliphatic rings. The average Bonchev–Trinajstić information content (AvgIpc) is 2.35. The molecular formula is C14H20ClNO3. The van der Waals surface area contributed by atoms with Crippen LogP contribution >= 0.6 is 11.6 Å². The Balaban J connectivity index is 2.68. The Labute approximate surface area is 118 Å². The van der Waals surface area contributed by atoms with E-state index >= 15 is 0 Å². The summed E-state index contributed by atoms with van der Waals surface area (Å²) in [5, 5.41) is 12.5. The third-order valence-corrected chi connectivity index (χ3v) is 2.83. The largest absolute Gasteiger partial charge is 0.491 e. The van der Waals surface area contributed by atoms with Gasteiger partial charge in [-0.2, -0.15) is 0 Å². The molecular weight excluding hydrogens is 266 g/mol. The summed E-state index contributed by atoms with van der Waals surface area (Å²) in [6, 6.07) is 5.44. The summed E-state index contributed by atoms with van der Waals surface area (Å²) in [6.45, 7) is 4.62. The summed E-state index contributed by atoms with van der Waals surface area (Å²) in [6.07, 6.45) is 1.62. The maximum atomic E-state index is 10.5. The third kappa shape index (κ3) is 5.83. The van der Waals surface area contributed by atoms with Crippen molar-refractivity contribution in [1.82, 2.24) is 0 Å². The molecule has 1 aromatic rings. The summed E-state index contributed by atoms with van der Waals surface area (Å²) in [4.78, 5) is 10.5. The molecule has 0 saturated carbocycles. The molecule has 1 atom stereocenters. The van der Waals surface area contributed by atoms with E-state index < -0.39 is 5.97 Å². The van der Waals surface area contributed by atoms with Gasteiger partial charge in [-0.1, -0.05) is 18.5 Å². The lowest BCUT2D eigenvalue weighted by Crippen LogP contribution is -2.17. The first kappa shape index (κ1) is 15.6. The Bertz CT molecular complexity index is 423. The topological polar surface area (TPSA) is 58.6 Å². The number of hydrogen-bond acceptors (Lipinski definition) is 3. The molecule has 5 heteroatoms. The second-order valence-electron chi connectivity index (χ2n) is 4.47. The lowest BCUT2D eigenvalue weighted by atomic mass is 10.1. The second kappa shape index (κ2) is 7.89. The molecule has 0 aliphatic heterocycles. The quantitative estimate of drug-likeness (QED) is 0.763. The predicted octanol–water partition coefficient (Wildman–Crippen LogP) is 3.79. The van der Waals surface area contributed by atoms with Gasteiger partial charge in [-0.25, -0.2) is 0 Å². The molecule has 0 aliphatic carbocycles. The molecule has 0 amide bonds. The highest BCUT2D eigenvalue weighted by atomic mass is 35.5. The Morgan fingerprint density at radius 2 is 2.26 bits per heavy atom. The van der Waals surface area contributed by atoms with Crippen LogP contribution in [0.25, 0.3) is 0 Å². The van der Waals surface area contributed by atoms with Gasteiger partial charge in [0.1, 0.15) is 5.75 Å². The van der Waals surface area contributed by atoms with Gasteiger partial charge in [0.25, 0.3) is 0 Å². The van der Waals surface area contributed by atoms with Crippen molar-refractivity contribution in [1.29, 1.82) is 0 Å². The van der Waals surface area contributed by atoms with E-state index in [0.29, 0.717) is 18.1 Å². The van der Waals surface area contributed by atoms with Crippen molar-refractivity contribution in [3.63, 3.8) is 0 Å². The summed E-state index contributed by atoms with van der Waals surface area (Å²) >= 11 is 5.97. The van der Waals surface area contributed by atoms with E-state index in [9.17, 15) is 4.79 Å². The van der Waals surface area contributed by atoms with Crippen LogP contribution in [0.1, 0.15) is 33.1 Å². The van der Waals surface area contributed by atoms with Crippen LogP contribution in [-0.2, 0) is 4.79 Å². The van der Waals surface area contributed by atoms with Gasteiger partial charge in [0.2, 0.25) is 0 Å². The van der Waals surface area contributed by atoms with Gasteiger partial charge >= 0.3 is 5.97 Å². The van der Waals surface area contributed by atoms with E-state index in [4.69, 9.17) is 21.4 Å². The van der Waals surface area contributed by atoms with Crippen molar-refractivity contribution < 1.29 is 14.6 Å². The highest BCUT2D eigenvalue weighted by molar-refractivity contribution is 6.30. The zero-order valence-electron chi connectivity index (χ0n) is 11.3. The second-order valence-corrected chi connectivity index (χ2v) is 4.90. The van der Waals surface area contributed by atoms with Gasteiger partial charge in [0.15, 0.2) is 0 Å². The lowest BCUT2D eigenvalue weighted by molar-refractivity contribution is -0.137. The van der Waals surface area contributed by atoms with Gasteiger partial charge in [-0.15, -0.1) is 0 Å². The standard InChI is InChI=1S/C14H20ClNO3/c1-3-8-19-13-6-5-11(15)9-12(13)16-10(2)4-7-14(17)18/h5-6,9-10,16H,3-4,7-8H2,1-2H3,(H,17,18). The number of ether oxygens (including phenoxy) is 1. The average molecular weight is 286 g/mol. The SMILES string of the molecule is CCCOc1ccc(Cl)cc1NC(C)CCC(=O)O. The Kier molecular flexibility index (Phi) is 6.50. The number of carboxylic acid groups (broad SMARTS) is 1. The molecule has 0 spiro atoms. The molecule has 0 radical (unpaired) electrons. The number of anilines is 1. The number of nitrogens with one attached hydrogen (secondary N) is 1. The molecule has 0 bridgehead atoms. The van der Waals surface area contributed by atoms with E-state index in [1.165, 1.54) is 0 Å². The van der Waals surface area contributed by atoms with Crippen LogP contribution in [0.3, 0.4) is 0 Å². The Morgan fingerprint density at radius 1 is 1.53 bits per heavy atom. The van der Waals surface area contributed by atoms with Crippen molar-refractivity contribution in [2.75, 3.05) is 11.9 Å². The Hall–Kier alpha value is -1.42. The molecule has 0 heterocycles. The lowest BCUT2D eigenvalue weighted by Gasteiger charge is -2.18. The maximum Gasteiger partial charge on any atom is 0.303 e. The van der Waals surface area contributed by atoms with E-state index in [2.05, 4.69) is 5.32 Å². The van der Waals surface area contributed by atoms with Crippen LogP contribution in [0, 0.1) is 0 Å². The molecule has 0 aromatic heterocycles. The summed E-state index contributed by atoms with van der Waals surface area (Å²) in [5.41, 5.74) is 0.804. The first-order valence-corrected chi connectivity index (χ1v) is 6.81. The van der Waals surface area contributed by atoms with E-state index in [-0.39, 0.29) is 12.5 Å². The van der Waals surface area contributed by atoms with Crippen molar-refractivity contribution >= 4 is 23.3 Å². The molecule has 2 N–H and O–H groups in total. The first-order valence-electron chi connectivity index (χ1n) is 6.43. The predicted molar refractivity (Wildman–Crippen MR) is 77.2 cm³/mol. The van der Waals surface area contributed by atoms with Crippen LogP contribution < -0.4 is 10.1 Å². The van der Waals surface area contributed by atoms with E-state index in [1.807, 2.05) is 19.9 Å². The number of carboxylic acids is 1. The normalized spacial score (nSPS) is 11.9. The number of carbonyl (C=O) groups is 1. The minimum atomic E-state index is -0.790. The summed E-state index contributed by atoms with van der Waals surface area (Å²) in [7, 11) is 0. The van der Waals surface area contributed by atoms with Crippen molar-refractivity contribution in [2.45, 2.75) is 39.2 Å². The smallest absolute Gasteiger partial charge is 0.303 e. The zero-order valence-corrected chi connectivity index (χ0v) is 12.0. The van der Waals surface area contributed by atoms with Crippen molar-refractivity contribution in [2.24, 2.45) is 0 Å². The van der Waals surface area contributed by atoms with Crippen LogP contribution in [-0.4, -0.2) is 23.7 Å². The third-order valence-electron chi connectivity index (χ3n) is 2.60. The fourth-order valence-corrected chi connectivity index (χ4v) is 1.80. The first-order chi connectivity index (χ1) is 9.02. The van der Waals surface area contributed by atoms with Crippen LogP contribution in [0.15, 0.2) is 18.2 Å². The highest BCUT2D eigenvalue weighted by Crippen LogP contribution is 2.29. The maximum absolute atomic E-state index is 10.5. The fourth-order valence-electron chi connectivity index (χ4n) is 1.63. The summed E-state index contributed by atoms with van der Waals surface area (Å²) in [5.74, 6) is -0.0457. The fraction of sp³-hybridized carbons (Fsp3) is 0.500. The van der Waals surface area contributed by atoms with Gasteiger partial charge < -0.3 is 15.2 Å². The number of hydrogen-bond donors (Lipinski definition) is 2. The van der Waals surface area contributed by atoms with Crippen LogP contribution in [0.2, 0.25) is 5.02 Å². The molecule has 1 rings (SSSR count). The van der Waals surface area contributed by atoms with Crippen molar-refractivity contribution in [3.05, 3.63) is 23.2 Å². The monoisotopic (exact) mass is 285 g/mol. The van der Waals surface area contributed by atoms with Crippen LogP contribution in [0.4, 0.5) is 5.69 Å². The van der Waals surface area contributed by atoms with Crippen molar-refractivity contribution in [3.8, 4) is 5.75 Å². The minimum absolute atomic E-state index is 0.0403. The number of aliphatic carboxylic acids is 1. The molecule has 0 saturated heterocycles. The summed E-state index contributed by atoms with van der Waals surface area (Å²) < 4.78 is 5.63. The van der Waals surface area contributed by atoms with E-state index in [0.717, 1.165) is 17.9 Å². The molecule has 1 aromatic carbocycles. The molecule has 19 heavy (non-hydrogen) atoms. The molecule has 1 unspecified atom stereocenters. The van der Waals surface area contributed by atoms with Gasteiger partial charge in [-0.3, -0.25) is 4.79 Å². The molecule has 0 fully saturated rings. The number of rotatable bonds is 8. The van der Waals surface area contributed by atoms with Gasteiger partial charge in [-0.05, 0) is 38.0 Å². The van der Waals surface area contributed by atoms with Gasteiger partial charge in [0, 0.05) is 17.5 Å². The minimum Gasteiger partial charge on any atom is -0.491 e. The van der Waals surface area contributed by atoms with E-state index in [1.54, 1.807) is 12.1 Å². The zero-order chi connectivity index (χ0) is 14.3. The Morgan fingerprint density at radius 3 is 2.89 bits per heavy atom. The van der Waals surface area contributed by atoms with Gasteiger partial charge in [0.05, 0.1) is 12.3 Å². The number of halogens is 1. The highest BCUT2D eigenvalue weighted by Gasteiger charge is 2.10. The molecule has 106 valence electrons. The molecule has 4 nitrogen and oxygen atoms in total. The number of benzene rings is 1. The van der Waals surface area contributed by atoms with Crippen LogP contribution in [0.5, 0.6) is 5.75 Å².